The highest BCUT2D eigenvalue weighted by atomic mass is 35.5. The zero-order valence-corrected chi connectivity index (χ0v) is 19.1. The number of nitrogens with zero attached hydrogens (tertiary/aromatic N) is 4. The molecule has 1 aliphatic heterocycles. The summed E-state index contributed by atoms with van der Waals surface area (Å²) in [5, 5.41) is 4.75. The minimum absolute atomic E-state index is 0.0495. The minimum atomic E-state index is -0.260. The Morgan fingerprint density at radius 3 is 2.68 bits per heavy atom. The summed E-state index contributed by atoms with van der Waals surface area (Å²) in [5.41, 5.74) is 0.809. The standard InChI is InChI=1S/C23H31ClN4O3/c1-3-5-9-20(29)27(14-4-2)16-21(30)28-15-7-6-8-19(28)23-25-22(26-31-23)17-10-12-18(24)13-11-17/h10-13,19H,3-9,14-16H2,1-2H3. The summed E-state index contributed by atoms with van der Waals surface area (Å²) in [6.07, 6.45) is 5.80. The van der Waals surface area contributed by atoms with Crippen molar-refractivity contribution >= 4 is 23.4 Å². The van der Waals surface area contributed by atoms with Gasteiger partial charge in [-0.15, -0.1) is 0 Å². The maximum atomic E-state index is 13.2. The number of piperidine rings is 1. The zero-order chi connectivity index (χ0) is 22.2. The Morgan fingerprint density at radius 2 is 1.97 bits per heavy atom. The highest BCUT2D eigenvalue weighted by Crippen LogP contribution is 2.31. The van der Waals surface area contributed by atoms with Crippen LogP contribution in [0.15, 0.2) is 28.8 Å². The molecule has 8 heteroatoms. The zero-order valence-electron chi connectivity index (χ0n) is 18.3. The fourth-order valence-corrected chi connectivity index (χ4v) is 4.00. The van der Waals surface area contributed by atoms with Crippen LogP contribution >= 0.6 is 11.6 Å². The van der Waals surface area contributed by atoms with Crippen LogP contribution in [0.2, 0.25) is 5.02 Å². The molecular weight excluding hydrogens is 416 g/mol. The van der Waals surface area contributed by atoms with E-state index in [2.05, 4.69) is 17.1 Å². The van der Waals surface area contributed by atoms with Gasteiger partial charge in [-0.05, 0) is 56.4 Å². The summed E-state index contributed by atoms with van der Waals surface area (Å²) >= 11 is 5.96. The van der Waals surface area contributed by atoms with Crippen molar-refractivity contribution in [3.8, 4) is 11.4 Å². The molecule has 1 saturated heterocycles. The first-order valence-corrected chi connectivity index (χ1v) is 11.6. The van der Waals surface area contributed by atoms with E-state index >= 15 is 0 Å². The molecule has 1 atom stereocenters. The quantitative estimate of drug-likeness (QED) is 0.548. The lowest BCUT2D eigenvalue weighted by atomic mass is 10.0. The van der Waals surface area contributed by atoms with Gasteiger partial charge in [-0.25, -0.2) is 0 Å². The van der Waals surface area contributed by atoms with Crippen LogP contribution in [0.1, 0.15) is 70.7 Å². The van der Waals surface area contributed by atoms with Crippen LogP contribution < -0.4 is 0 Å². The fourth-order valence-electron chi connectivity index (χ4n) is 3.88. The molecule has 1 fully saturated rings. The molecule has 1 aromatic heterocycles. The van der Waals surface area contributed by atoms with Gasteiger partial charge in [0.05, 0.1) is 6.54 Å². The number of benzene rings is 1. The number of likely N-dealkylation sites (tertiary alicyclic amines) is 1. The smallest absolute Gasteiger partial charge is 0.249 e. The van der Waals surface area contributed by atoms with E-state index < -0.39 is 0 Å². The second-order valence-electron chi connectivity index (χ2n) is 7.98. The number of hydrogen-bond acceptors (Lipinski definition) is 5. The Balaban J connectivity index is 1.73. The molecule has 0 saturated carbocycles. The molecule has 0 N–H and O–H groups in total. The Bertz CT molecular complexity index is 868. The van der Waals surface area contributed by atoms with Gasteiger partial charge in [0.2, 0.25) is 23.5 Å². The van der Waals surface area contributed by atoms with Gasteiger partial charge in [-0.2, -0.15) is 4.98 Å². The first-order valence-electron chi connectivity index (χ1n) is 11.2. The van der Waals surface area contributed by atoms with Crippen molar-refractivity contribution < 1.29 is 14.1 Å². The van der Waals surface area contributed by atoms with E-state index in [1.54, 1.807) is 21.9 Å². The van der Waals surface area contributed by atoms with Crippen LogP contribution in [0.25, 0.3) is 11.4 Å². The monoisotopic (exact) mass is 446 g/mol. The number of carbonyl (C=O) groups is 2. The molecule has 1 aromatic carbocycles. The van der Waals surface area contributed by atoms with Crippen molar-refractivity contribution in [1.82, 2.24) is 19.9 Å². The number of aromatic nitrogens is 2. The lowest BCUT2D eigenvalue weighted by Crippen LogP contribution is -2.46. The van der Waals surface area contributed by atoms with Crippen LogP contribution in [-0.2, 0) is 9.59 Å². The molecule has 1 unspecified atom stereocenters. The molecule has 168 valence electrons. The number of amides is 2. The van der Waals surface area contributed by atoms with Crippen molar-refractivity contribution in [3.05, 3.63) is 35.2 Å². The molecule has 7 nitrogen and oxygen atoms in total. The first-order chi connectivity index (χ1) is 15.0. The van der Waals surface area contributed by atoms with Crippen molar-refractivity contribution in [2.45, 2.75) is 64.8 Å². The summed E-state index contributed by atoms with van der Waals surface area (Å²) in [4.78, 5) is 33.8. The Labute approximate surface area is 188 Å². The van der Waals surface area contributed by atoms with Gasteiger partial charge < -0.3 is 14.3 Å². The molecule has 3 rings (SSSR count). The third-order valence-corrected chi connectivity index (χ3v) is 5.82. The van der Waals surface area contributed by atoms with E-state index in [0.717, 1.165) is 44.1 Å². The van der Waals surface area contributed by atoms with Gasteiger partial charge in [0.1, 0.15) is 6.04 Å². The van der Waals surface area contributed by atoms with E-state index in [1.807, 2.05) is 19.1 Å². The molecule has 2 heterocycles. The van der Waals surface area contributed by atoms with E-state index in [9.17, 15) is 9.59 Å². The fraction of sp³-hybridized carbons (Fsp3) is 0.565. The van der Waals surface area contributed by atoms with Gasteiger partial charge in [-0.1, -0.05) is 37.0 Å². The molecule has 0 bridgehead atoms. The topological polar surface area (TPSA) is 79.5 Å². The number of unbranched alkanes of at least 4 members (excludes halogenated alkanes) is 1. The predicted octanol–water partition coefficient (Wildman–Crippen LogP) is 4.87. The highest BCUT2D eigenvalue weighted by molar-refractivity contribution is 6.30. The molecule has 0 spiro atoms. The number of halogens is 1. The summed E-state index contributed by atoms with van der Waals surface area (Å²) in [7, 11) is 0. The van der Waals surface area contributed by atoms with Crippen LogP contribution in [0.5, 0.6) is 0 Å². The van der Waals surface area contributed by atoms with Crippen LogP contribution in [0.4, 0.5) is 0 Å². The van der Waals surface area contributed by atoms with E-state index in [1.165, 1.54) is 0 Å². The molecular formula is C23H31ClN4O3. The Hall–Kier alpha value is -2.41. The Morgan fingerprint density at radius 1 is 1.19 bits per heavy atom. The van der Waals surface area contributed by atoms with Gasteiger partial charge in [0.15, 0.2) is 0 Å². The van der Waals surface area contributed by atoms with Crippen LogP contribution in [-0.4, -0.2) is 51.4 Å². The molecule has 2 aromatic rings. The molecule has 31 heavy (non-hydrogen) atoms. The third-order valence-electron chi connectivity index (χ3n) is 5.57. The number of rotatable bonds is 9. The normalized spacial score (nSPS) is 16.4. The average molecular weight is 447 g/mol. The molecule has 0 aliphatic carbocycles. The highest BCUT2D eigenvalue weighted by Gasteiger charge is 2.33. The van der Waals surface area contributed by atoms with E-state index in [0.29, 0.717) is 36.2 Å². The number of carbonyl (C=O) groups excluding carboxylic acids is 2. The van der Waals surface area contributed by atoms with Gasteiger partial charge in [0.25, 0.3) is 0 Å². The largest absolute Gasteiger partial charge is 0.337 e. The minimum Gasteiger partial charge on any atom is -0.337 e. The summed E-state index contributed by atoms with van der Waals surface area (Å²) < 4.78 is 5.55. The van der Waals surface area contributed by atoms with Gasteiger partial charge in [-0.3, -0.25) is 9.59 Å². The summed E-state index contributed by atoms with van der Waals surface area (Å²) in [6.45, 7) is 5.40. The maximum absolute atomic E-state index is 13.2. The van der Waals surface area contributed by atoms with Gasteiger partial charge >= 0.3 is 0 Å². The predicted molar refractivity (Wildman–Crippen MR) is 119 cm³/mol. The van der Waals surface area contributed by atoms with Crippen molar-refractivity contribution in [1.29, 1.82) is 0 Å². The lowest BCUT2D eigenvalue weighted by molar-refractivity contribution is -0.143. The van der Waals surface area contributed by atoms with Crippen LogP contribution in [0, 0.1) is 0 Å². The second kappa shape index (κ2) is 11.3. The van der Waals surface area contributed by atoms with E-state index in [4.69, 9.17) is 16.1 Å². The Kier molecular flexibility index (Phi) is 8.46. The summed E-state index contributed by atoms with van der Waals surface area (Å²) in [5.74, 6) is 0.909. The van der Waals surface area contributed by atoms with E-state index in [-0.39, 0.29) is 24.4 Å². The van der Waals surface area contributed by atoms with Crippen LogP contribution in [0.3, 0.4) is 0 Å². The van der Waals surface area contributed by atoms with Gasteiger partial charge in [0, 0.05) is 30.1 Å². The maximum Gasteiger partial charge on any atom is 0.249 e. The first kappa shape index (κ1) is 23.3. The summed E-state index contributed by atoms with van der Waals surface area (Å²) in [6, 6.07) is 6.98. The molecule has 0 radical (unpaired) electrons. The third kappa shape index (κ3) is 6.06. The second-order valence-corrected chi connectivity index (χ2v) is 8.42. The van der Waals surface area contributed by atoms with Crippen molar-refractivity contribution in [2.24, 2.45) is 0 Å². The SMILES string of the molecule is CCCCC(=O)N(CCC)CC(=O)N1CCCCC1c1nc(-c2ccc(Cl)cc2)no1. The molecule has 2 amide bonds. The number of hydrogen-bond donors (Lipinski definition) is 0. The van der Waals surface area contributed by atoms with Crippen molar-refractivity contribution in [3.63, 3.8) is 0 Å². The average Bonchev–Trinajstić information content (AvgIpc) is 3.27. The van der Waals surface area contributed by atoms with Crippen molar-refractivity contribution in [2.75, 3.05) is 19.6 Å². The molecule has 1 aliphatic rings. The lowest BCUT2D eigenvalue weighted by Gasteiger charge is -2.35.